The zero-order valence-electron chi connectivity index (χ0n) is 17.3. The van der Waals surface area contributed by atoms with Crippen LogP contribution in [0.4, 0.5) is 4.39 Å². The summed E-state index contributed by atoms with van der Waals surface area (Å²) in [5.41, 5.74) is 0.752. The van der Waals surface area contributed by atoms with Crippen LogP contribution in [-0.2, 0) is 26.2 Å². The Hall–Kier alpha value is -2.49. The van der Waals surface area contributed by atoms with Crippen molar-refractivity contribution in [2.24, 2.45) is 0 Å². The van der Waals surface area contributed by atoms with Gasteiger partial charge in [0, 0.05) is 43.8 Å². The molecule has 0 unspecified atom stereocenters. The summed E-state index contributed by atoms with van der Waals surface area (Å²) < 4.78 is 40.2. The molecule has 10 heteroatoms. The molecule has 0 atom stereocenters. The van der Waals surface area contributed by atoms with Gasteiger partial charge in [0.25, 0.3) is 0 Å². The minimum absolute atomic E-state index is 0.181. The summed E-state index contributed by atoms with van der Waals surface area (Å²) in [6, 6.07) is 11.7. The van der Waals surface area contributed by atoms with Gasteiger partial charge in [-0.05, 0) is 54.8 Å². The summed E-state index contributed by atoms with van der Waals surface area (Å²) in [5.74, 6) is -1.51. The number of carbonyl (C=O) groups excluding carboxylic acids is 2. The predicted octanol–water partition coefficient (Wildman–Crippen LogP) is 2.50. The number of benzene rings is 2. The minimum atomic E-state index is -3.63. The van der Waals surface area contributed by atoms with E-state index in [9.17, 15) is 22.4 Å². The summed E-state index contributed by atoms with van der Waals surface area (Å²) >= 11 is 5.85. The lowest BCUT2D eigenvalue weighted by atomic mass is 10.0. The van der Waals surface area contributed by atoms with Gasteiger partial charge in [-0.1, -0.05) is 23.7 Å². The van der Waals surface area contributed by atoms with Crippen molar-refractivity contribution in [2.75, 3.05) is 26.2 Å². The van der Waals surface area contributed by atoms with Crippen molar-refractivity contribution < 1.29 is 22.4 Å². The van der Waals surface area contributed by atoms with Crippen LogP contribution >= 0.6 is 11.6 Å². The van der Waals surface area contributed by atoms with E-state index in [0.29, 0.717) is 31.0 Å². The van der Waals surface area contributed by atoms with E-state index in [1.165, 1.54) is 45.6 Å². The van der Waals surface area contributed by atoms with Crippen LogP contribution in [0.15, 0.2) is 53.4 Å². The van der Waals surface area contributed by atoms with E-state index in [4.69, 9.17) is 11.6 Å². The summed E-state index contributed by atoms with van der Waals surface area (Å²) in [5, 5.41) is 0.462. The summed E-state index contributed by atoms with van der Waals surface area (Å²) in [4.78, 5) is 28.6. The van der Waals surface area contributed by atoms with Crippen molar-refractivity contribution in [2.45, 2.75) is 30.3 Å². The molecule has 2 aliphatic heterocycles. The highest BCUT2D eigenvalue weighted by Crippen LogP contribution is 2.25. The molecule has 2 saturated heterocycles. The van der Waals surface area contributed by atoms with Gasteiger partial charge >= 0.3 is 11.8 Å². The van der Waals surface area contributed by atoms with Gasteiger partial charge in [0.1, 0.15) is 5.82 Å². The number of rotatable bonds is 5. The van der Waals surface area contributed by atoms with Crippen molar-refractivity contribution >= 4 is 33.4 Å². The molecule has 2 fully saturated rings. The Morgan fingerprint density at radius 1 is 0.875 bits per heavy atom. The van der Waals surface area contributed by atoms with Crippen molar-refractivity contribution in [3.63, 3.8) is 0 Å². The average molecular weight is 480 g/mol. The van der Waals surface area contributed by atoms with Gasteiger partial charge in [-0.3, -0.25) is 9.59 Å². The molecule has 2 aliphatic rings. The zero-order valence-corrected chi connectivity index (χ0v) is 18.9. The second kappa shape index (κ2) is 9.17. The molecule has 2 aromatic rings. The van der Waals surface area contributed by atoms with Crippen molar-refractivity contribution in [3.05, 3.63) is 64.9 Å². The number of hydrogen-bond donors (Lipinski definition) is 0. The molecule has 2 heterocycles. The third-order valence-corrected chi connectivity index (χ3v) is 8.11. The number of amides is 2. The monoisotopic (exact) mass is 479 g/mol. The SMILES string of the molecule is O=C1C(=O)N(C2CCN(S(=O)(=O)c3ccc(Cl)cc3)CC2)CCN1Cc1ccc(F)cc1. The van der Waals surface area contributed by atoms with Crippen LogP contribution in [-0.4, -0.2) is 66.6 Å². The van der Waals surface area contributed by atoms with Crippen LogP contribution in [0.25, 0.3) is 0 Å². The van der Waals surface area contributed by atoms with E-state index >= 15 is 0 Å². The molecule has 2 amide bonds. The van der Waals surface area contributed by atoms with Crippen LogP contribution in [0.3, 0.4) is 0 Å². The standard InChI is InChI=1S/C22H23ClFN3O4S/c23-17-3-7-20(8-4-17)32(30,31)26-11-9-19(10-12-26)27-14-13-25(21(28)22(27)29)15-16-1-5-18(24)6-2-16/h1-8,19H,9-15H2. The first-order valence-electron chi connectivity index (χ1n) is 10.4. The molecule has 32 heavy (non-hydrogen) atoms. The fourth-order valence-corrected chi connectivity index (χ4v) is 5.74. The van der Waals surface area contributed by atoms with Gasteiger partial charge in [-0.25, -0.2) is 12.8 Å². The molecule has 0 bridgehead atoms. The number of hydrogen-bond acceptors (Lipinski definition) is 4. The first-order chi connectivity index (χ1) is 15.3. The van der Waals surface area contributed by atoms with Crippen LogP contribution in [0.5, 0.6) is 0 Å². The van der Waals surface area contributed by atoms with Gasteiger partial charge < -0.3 is 9.80 Å². The first kappa shape index (κ1) is 22.7. The number of piperazine rings is 1. The lowest BCUT2D eigenvalue weighted by molar-refractivity contribution is -0.158. The third kappa shape index (κ3) is 4.65. The molecule has 170 valence electrons. The van der Waals surface area contributed by atoms with E-state index < -0.39 is 21.8 Å². The first-order valence-corrected chi connectivity index (χ1v) is 12.2. The molecule has 0 radical (unpaired) electrons. The molecule has 0 aliphatic carbocycles. The fourth-order valence-electron chi connectivity index (χ4n) is 4.15. The van der Waals surface area contributed by atoms with Gasteiger partial charge in [0.05, 0.1) is 4.90 Å². The molecule has 2 aromatic carbocycles. The largest absolute Gasteiger partial charge is 0.330 e. The normalized spacial score (nSPS) is 18.9. The number of halogens is 2. The molecular formula is C22H23ClFN3O4S. The van der Waals surface area contributed by atoms with Crippen LogP contribution in [0.2, 0.25) is 5.02 Å². The Bertz CT molecular complexity index is 1100. The predicted molar refractivity (Wildman–Crippen MR) is 117 cm³/mol. The van der Waals surface area contributed by atoms with Crippen LogP contribution in [0, 0.1) is 5.82 Å². The van der Waals surface area contributed by atoms with E-state index in [-0.39, 0.29) is 36.4 Å². The fraction of sp³-hybridized carbons (Fsp3) is 0.364. The summed E-state index contributed by atoms with van der Waals surface area (Å²) in [6.45, 7) is 1.56. The highest BCUT2D eigenvalue weighted by molar-refractivity contribution is 7.89. The second-order valence-corrected chi connectivity index (χ2v) is 10.3. The smallest absolute Gasteiger partial charge is 0.312 e. The lowest BCUT2D eigenvalue weighted by Gasteiger charge is -2.41. The summed E-state index contributed by atoms with van der Waals surface area (Å²) in [7, 11) is -3.63. The average Bonchev–Trinajstić information content (AvgIpc) is 2.79. The highest BCUT2D eigenvalue weighted by Gasteiger charge is 2.39. The Morgan fingerprint density at radius 3 is 2.12 bits per heavy atom. The molecule has 7 nitrogen and oxygen atoms in total. The van der Waals surface area contributed by atoms with Gasteiger partial charge in [0.2, 0.25) is 10.0 Å². The number of nitrogens with zero attached hydrogens (tertiary/aromatic N) is 3. The lowest BCUT2D eigenvalue weighted by Crippen LogP contribution is -2.58. The Labute approximate surface area is 191 Å². The Morgan fingerprint density at radius 2 is 1.50 bits per heavy atom. The van der Waals surface area contributed by atoms with E-state index in [1.54, 1.807) is 17.0 Å². The number of carbonyl (C=O) groups is 2. The minimum Gasteiger partial charge on any atom is -0.330 e. The van der Waals surface area contributed by atoms with Gasteiger partial charge in [-0.2, -0.15) is 4.31 Å². The molecule has 4 rings (SSSR count). The van der Waals surface area contributed by atoms with E-state index in [2.05, 4.69) is 0 Å². The topological polar surface area (TPSA) is 78.0 Å². The molecule has 0 aromatic heterocycles. The maximum atomic E-state index is 13.1. The number of piperidine rings is 1. The van der Waals surface area contributed by atoms with Gasteiger partial charge in [-0.15, -0.1) is 0 Å². The van der Waals surface area contributed by atoms with Crippen LogP contribution < -0.4 is 0 Å². The highest BCUT2D eigenvalue weighted by atomic mass is 35.5. The number of sulfonamides is 1. The molecule has 0 saturated carbocycles. The molecule has 0 N–H and O–H groups in total. The maximum Gasteiger partial charge on any atom is 0.312 e. The molecule has 0 spiro atoms. The van der Waals surface area contributed by atoms with E-state index in [0.717, 1.165) is 5.56 Å². The zero-order chi connectivity index (χ0) is 22.9. The van der Waals surface area contributed by atoms with Crippen LogP contribution in [0.1, 0.15) is 18.4 Å². The van der Waals surface area contributed by atoms with E-state index in [1.807, 2.05) is 0 Å². The quantitative estimate of drug-likeness (QED) is 0.617. The third-order valence-electron chi connectivity index (χ3n) is 5.94. The second-order valence-electron chi connectivity index (χ2n) is 7.94. The van der Waals surface area contributed by atoms with Gasteiger partial charge in [0.15, 0.2) is 0 Å². The molecular weight excluding hydrogens is 457 g/mol. The maximum absolute atomic E-state index is 13.1. The Kier molecular flexibility index (Phi) is 6.50. The summed E-state index contributed by atoms with van der Waals surface area (Å²) in [6.07, 6.45) is 0.924. The Balaban J connectivity index is 1.36. The van der Waals surface area contributed by atoms with Crippen molar-refractivity contribution in [1.29, 1.82) is 0 Å². The van der Waals surface area contributed by atoms with Crippen molar-refractivity contribution in [3.8, 4) is 0 Å². The van der Waals surface area contributed by atoms with Crippen molar-refractivity contribution in [1.82, 2.24) is 14.1 Å².